The van der Waals surface area contributed by atoms with Crippen molar-refractivity contribution >= 4 is 51.5 Å². The van der Waals surface area contributed by atoms with Gasteiger partial charge in [-0.2, -0.15) is 21.3 Å². The Labute approximate surface area is 106 Å². The normalized spacial score (nSPS) is 37.2. The Hall–Kier alpha value is 1.76. The van der Waals surface area contributed by atoms with E-state index in [4.69, 9.17) is 0 Å². The molecular weight excluding hydrogens is 384 g/mol. The highest BCUT2D eigenvalue weighted by atomic mass is 31.3. The summed E-state index contributed by atoms with van der Waals surface area (Å²) in [5, 5.41) is 0. The van der Waals surface area contributed by atoms with Crippen LogP contribution in [-0.4, -0.2) is 9.33 Å². The highest BCUT2D eigenvalue weighted by molar-refractivity contribution is 7.77. The summed E-state index contributed by atoms with van der Waals surface area (Å²) in [6.45, 7) is 0. The zero-order chi connectivity index (χ0) is 13.8. The number of rotatable bonds is 0. The summed E-state index contributed by atoms with van der Waals surface area (Å²) in [7, 11) is -11.3. The van der Waals surface area contributed by atoms with Crippen LogP contribution in [0.25, 0.3) is 0 Å². The van der Waals surface area contributed by atoms with Gasteiger partial charge in [-0.3, -0.25) is 14.6 Å². The molecule has 2 rings (SSSR count). The molecule has 2 aliphatic heterocycles. The maximum Gasteiger partial charge on any atom is 0.408 e. The maximum absolute atomic E-state index is 12.1. The minimum Gasteiger partial charge on any atom is -0.254 e. The van der Waals surface area contributed by atoms with E-state index in [1.165, 1.54) is 0 Å². The van der Waals surface area contributed by atoms with Gasteiger partial charge in [0.05, 0.1) is 0 Å². The molecule has 1 saturated heterocycles. The Morgan fingerprint density at radius 1 is 1.00 bits per heavy atom. The third-order valence-electron chi connectivity index (χ3n) is 1.16. The van der Waals surface area contributed by atoms with Crippen molar-refractivity contribution in [1.29, 1.82) is 0 Å². The van der Waals surface area contributed by atoms with Crippen molar-refractivity contribution in [1.82, 2.24) is 23.9 Å². The summed E-state index contributed by atoms with van der Waals surface area (Å²) in [6.07, 6.45) is 0. The average Bonchev–Trinajstić information content (AvgIpc) is 2.37. The first-order valence-electron chi connectivity index (χ1n) is 3.71. The first kappa shape index (κ1) is 17.8. The molecule has 0 amide bonds. The molecule has 2 atom stereocenters. The van der Waals surface area contributed by atoms with E-state index in [1.807, 2.05) is 4.52 Å². The second kappa shape index (κ2) is 8.26. The first-order chi connectivity index (χ1) is 8.36. The summed E-state index contributed by atoms with van der Waals surface area (Å²) in [4.78, 5) is 9.38. The monoisotopic (exact) mass is 390 g/mol. The largest absolute Gasteiger partial charge is 0.408 e. The van der Waals surface area contributed by atoms with Crippen LogP contribution in [0.15, 0.2) is 4.52 Å². The van der Waals surface area contributed by atoms with E-state index in [0.29, 0.717) is 0 Å². The lowest BCUT2D eigenvalue weighted by Gasteiger charge is -2.25. The van der Waals surface area contributed by atoms with E-state index in [-0.39, 0.29) is 0 Å². The van der Waals surface area contributed by atoms with E-state index >= 15 is 0 Å². The number of hydrogen-bond acceptors (Lipinski definition) is 6. The van der Waals surface area contributed by atoms with Crippen LogP contribution < -0.4 is 14.6 Å². The van der Waals surface area contributed by atoms with Gasteiger partial charge in [0.25, 0.3) is 0 Å². The lowest BCUT2D eigenvalue weighted by atomic mass is 13.6. The fourth-order valence-electron chi connectivity index (χ4n) is 0.553. The zero-order valence-electron chi connectivity index (χ0n) is 7.95. The van der Waals surface area contributed by atoms with Gasteiger partial charge in [-0.25, -0.2) is 0 Å². The molecule has 1 fully saturated rings. The van der Waals surface area contributed by atoms with Crippen molar-refractivity contribution in [3.05, 3.63) is 0 Å². The molecule has 2 unspecified atom stereocenters. The Bertz CT molecular complexity index is 293. The number of nitrogens with one attached hydrogen (secondary N) is 3. The summed E-state index contributed by atoms with van der Waals surface area (Å²) < 4.78 is 71.5. The second-order valence-electron chi connectivity index (χ2n) is 2.26. The quantitative estimate of drug-likeness (QED) is 0.311. The number of halogens is 6. The Morgan fingerprint density at radius 2 is 1.44 bits per heavy atom. The molecule has 3 N–H and O–H groups in total. The molecule has 18 heavy (non-hydrogen) atoms. The van der Waals surface area contributed by atoms with Crippen molar-refractivity contribution in [2.75, 3.05) is 0 Å². The third-order valence-corrected chi connectivity index (χ3v) is 8.80. The molecule has 0 aliphatic carbocycles. The predicted octanol–water partition coefficient (Wildman–Crippen LogP) is 4.95. The second-order valence-corrected chi connectivity index (χ2v) is 10.6. The maximum atomic E-state index is 12.1. The van der Waals surface area contributed by atoms with Gasteiger partial charge in [-0.15, -0.1) is 8.96 Å². The molecule has 108 valence electrons. The van der Waals surface area contributed by atoms with E-state index in [2.05, 4.69) is 14.6 Å². The van der Waals surface area contributed by atoms with Crippen LogP contribution in [0, 0.1) is 0 Å². The van der Waals surface area contributed by atoms with Crippen LogP contribution in [0.2, 0.25) is 0 Å². The standard InChI is InChI=1S/F6N3P3.H6N3P3/c1-8-10(3)7-12(5,6)9(2)11(8)4;1-4-2-6-3-5-1/h;1-6H. The minimum atomic E-state index is -5.76. The summed E-state index contributed by atoms with van der Waals surface area (Å²) in [5.74, 6) is 0. The highest BCUT2D eigenvalue weighted by Crippen LogP contribution is 2.80. The van der Waals surface area contributed by atoms with Crippen LogP contribution in [-0.2, 0) is 0 Å². The molecule has 0 aromatic rings. The molecule has 0 aromatic carbocycles. The summed E-state index contributed by atoms with van der Waals surface area (Å²) >= 11 is 0. The summed E-state index contributed by atoms with van der Waals surface area (Å²) in [5.41, 5.74) is 0. The lowest BCUT2D eigenvalue weighted by molar-refractivity contribution is 0.181. The van der Waals surface area contributed by atoms with Gasteiger partial charge in [-0.1, -0.05) is 0 Å². The van der Waals surface area contributed by atoms with Gasteiger partial charge in [-0.05, 0) is 4.66 Å². The fourth-order valence-corrected chi connectivity index (χ4v) is 7.55. The minimum absolute atomic E-state index is 0.764. The molecule has 2 heterocycles. The Balaban J connectivity index is 0.000000225. The molecule has 6 nitrogen and oxygen atoms in total. The zero-order valence-corrected chi connectivity index (χ0v) is 13.6. The highest BCUT2D eigenvalue weighted by Gasteiger charge is 2.50. The van der Waals surface area contributed by atoms with E-state index in [9.17, 15) is 25.8 Å². The van der Waals surface area contributed by atoms with Gasteiger partial charge < -0.3 is 0 Å². The van der Waals surface area contributed by atoms with Gasteiger partial charge in [0, 0.05) is 31.3 Å². The van der Waals surface area contributed by atoms with Crippen molar-refractivity contribution in [2.24, 2.45) is 4.52 Å². The van der Waals surface area contributed by atoms with Crippen molar-refractivity contribution in [3.63, 3.8) is 0 Å². The Kier molecular flexibility index (Phi) is 8.18. The van der Waals surface area contributed by atoms with Gasteiger partial charge in [0.15, 0.2) is 0 Å². The van der Waals surface area contributed by atoms with Crippen molar-refractivity contribution in [2.45, 2.75) is 0 Å². The molecule has 0 radical (unpaired) electrons. The molecule has 0 saturated carbocycles. The first-order valence-corrected chi connectivity index (χ1v) is 10.5. The topological polar surface area (TPSA) is 54.9 Å². The van der Waals surface area contributed by atoms with Crippen molar-refractivity contribution in [3.8, 4) is 0 Å². The molecule has 0 spiro atoms. The Morgan fingerprint density at radius 3 is 1.83 bits per heavy atom. The van der Waals surface area contributed by atoms with Gasteiger partial charge in [0.2, 0.25) is 0 Å². The van der Waals surface area contributed by atoms with Gasteiger partial charge in [0.1, 0.15) is 0 Å². The van der Waals surface area contributed by atoms with Gasteiger partial charge >= 0.3 is 24.9 Å². The van der Waals surface area contributed by atoms with Crippen LogP contribution in [0.4, 0.5) is 25.8 Å². The molecule has 0 bridgehead atoms. The van der Waals surface area contributed by atoms with Crippen LogP contribution in [0.5, 0.6) is 0 Å². The van der Waals surface area contributed by atoms with Crippen molar-refractivity contribution < 1.29 is 25.8 Å². The average molecular weight is 390 g/mol. The number of hydrogen-bond donors (Lipinski definition) is 3. The third kappa shape index (κ3) is 5.27. The predicted molar refractivity (Wildman–Crippen MR) is 67.9 cm³/mol. The molecule has 0 aromatic heterocycles. The number of nitrogens with zero attached hydrogens (tertiary/aromatic N) is 3. The van der Waals surface area contributed by atoms with E-state index in [0.717, 1.165) is 26.6 Å². The molecular formula is H6F6N6P6. The van der Waals surface area contributed by atoms with Crippen LogP contribution >= 0.6 is 51.5 Å². The smallest absolute Gasteiger partial charge is 0.254 e. The SMILES string of the molecule is FN1P(F)N=P(F)(F)N(F)P1F.N1PNPNP1. The van der Waals surface area contributed by atoms with Crippen LogP contribution in [0.3, 0.4) is 0 Å². The van der Waals surface area contributed by atoms with E-state index in [1.54, 1.807) is 0 Å². The van der Waals surface area contributed by atoms with E-state index < -0.39 is 34.2 Å². The molecule has 2 aliphatic rings. The van der Waals surface area contributed by atoms with Crippen LogP contribution in [0.1, 0.15) is 0 Å². The summed E-state index contributed by atoms with van der Waals surface area (Å²) in [6, 6.07) is 0. The fraction of sp³-hybridized carbons (Fsp3) is 0. The lowest BCUT2D eigenvalue weighted by Crippen LogP contribution is -2.09. The molecule has 18 heteroatoms.